The van der Waals surface area contributed by atoms with Gasteiger partial charge in [0.25, 0.3) is 0 Å². The molecule has 0 fully saturated rings. The molecule has 2 heteroatoms. The summed E-state index contributed by atoms with van der Waals surface area (Å²) >= 11 is 0. The van der Waals surface area contributed by atoms with Crippen LogP contribution in [-0.2, 0) is 12.8 Å². The molecule has 0 radical (unpaired) electrons. The van der Waals surface area contributed by atoms with Crippen LogP contribution in [0.3, 0.4) is 0 Å². The lowest BCUT2D eigenvalue weighted by Gasteiger charge is -2.30. The molecule has 0 aromatic heterocycles. The summed E-state index contributed by atoms with van der Waals surface area (Å²) in [7, 11) is 1.75. The third-order valence-corrected chi connectivity index (χ3v) is 4.66. The quantitative estimate of drug-likeness (QED) is 0.760. The molecular weight excluding hydrogens is 258 g/mol. The zero-order valence-electron chi connectivity index (χ0n) is 14.0. The van der Waals surface area contributed by atoms with Crippen LogP contribution >= 0.6 is 0 Å². The van der Waals surface area contributed by atoms with Crippen LogP contribution in [0.15, 0.2) is 18.2 Å². The average Bonchev–Trinajstić information content (AvgIpc) is 2.52. The molecule has 1 aromatic carbocycles. The lowest BCUT2D eigenvalue weighted by atomic mass is 9.87. The van der Waals surface area contributed by atoms with Crippen LogP contribution < -0.4 is 10.1 Å². The number of fused-ring (bicyclic) bond motifs is 1. The highest BCUT2D eigenvalue weighted by Gasteiger charge is 2.21. The summed E-state index contributed by atoms with van der Waals surface area (Å²) in [6.45, 7) is 4.58. The molecule has 0 spiro atoms. The predicted octanol–water partition coefficient (Wildman–Crippen LogP) is 4.50. The Morgan fingerprint density at radius 1 is 1.19 bits per heavy atom. The van der Waals surface area contributed by atoms with Crippen LogP contribution in [-0.4, -0.2) is 19.2 Å². The van der Waals surface area contributed by atoms with E-state index in [9.17, 15) is 0 Å². The number of aryl methyl sites for hydroxylation is 1. The highest BCUT2D eigenvalue weighted by molar-refractivity contribution is 5.37. The Balaban J connectivity index is 1.95. The maximum absolute atomic E-state index is 5.37. The summed E-state index contributed by atoms with van der Waals surface area (Å²) < 4.78 is 5.37. The lowest BCUT2D eigenvalue weighted by Crippen LogP contribution is -2.41. The van der Waals surface area contributed by atoms with E-state index in [1.165, 1.54) is 56.1 Å². The van der Waals surface area contributed by atoms with Crippen molar-refractivity contribution in [3.63, 3.8) is 0 Å². The van der Waals surface area contributed by atoms with Gasteiger partial charge in [-0.2, -0.15) is 0 Å². The highest BCUT2D eigenvalue weighted by atomic mass is 16.5. The molecule has 2 nitrogen and oxygen atoms in total. The first kappa shape index (κ1) is 16.4. The van der Waals surface area contributed by atoms with Gasteiger partial charge in [0.15, 0.2) is 0 Å². The van der Waals surface area contributed by atoms with Gasteiger partial charge in [-0.1, -0.05) is 39.2 Å². The summed E-state index contributed by atoms with van der Waals surface area (Å²) in [5.74, 6) is 0.991. The van der Waals surface area contributed by atoms with Gasteiger partial charge in [0.1, 0.15) is 5.75 Å². The van der Waals surface area contributed by atoms with Crippen LogP contribution in [0, 0.1) is 0 Å². The Kier molecular flexibility index (Phi) is 6.56. The summed E-state index contributed by atoms with van der Waals surface area (Å²) in [5, 5.41) is 3.93. The molecule has 2 unspecified atom stereocenters. The molecule has 1 aliphatic carbocycles. The van der Waals surface area contributed by atoms with Gasteiger partial charge >= 0.3 is 0 Å². The van der Waals surface area contributed by atoms with E-state index in [1.807, 2.05) is 0 Å². The molecule has 0 heterocycles. The Morgan fingerprint density at radius 2 is 2.05 bits per heavy atom. The van der Waals surface area contributed by atoms with Crippen molar-refractivity contribution in [3.05, 3.63) is 29.3 Å². The molecule has 0 amide bonds. The van der Waals surface area contributed by atoms with E-state index in [-0.39, 0.29) is 0 Å². The fourth-order valence-corrected chi connectivity index (χ4v) is 3.45. The number of hydrogen-bond acceptors (Lipinski definition) is 2. The van der Waals surface area contributed by atoms with Crippen molar-refractivity contribution < 1.29 is 4.74 Å². The second-order valence-corrected chi connectivity index (χ2v) is 6.37. The van der Waals surface area contributed by atoms with E-state index < -0.39 is 0 Å². The molecule has 21 heavy (non-hydrogen) atoms. The second kappa shape index (κ2) is 8.43. The largest absolute Gasteiger partial charge is 0.497 e. The van der Waals surface area contributed by atoms with Gasteiger partial charge in [-0.15, -0.1) is 0 Å². The van der Waals surface area contributed by atoms with Gasteiger partial charge in [0, 0.05) is 12.1 Å². The number of rotatable bonds is 8. The van der Waals surface area contributed by atoms with E-state index in [2.05, 4.69) is 37.4 Å². The topological polar surface area (TPSA) is 21.3 Å². The van der Waals surface area contributed by atoms with E-state index in [0.29, 0.717) is 12.1 Å². The Labute approximate surface area is 130 Å². The Morgan fingerprint density at radius 3 is 2.76 bits per heavy atom. The average molecular weight is 289 g/mol. The van der Waals surface area contributed by atoms with Crippen molar-refractivity contribution in [1.29, 1.82) is 0 Å². The monoisotopic (exact) mass is 289 g/mol. The summed E-state index contributed by atoms with van der Waals surface area (Å²) in [6.07, 6.45) is 10.2. The number of ether oxygens (including phenoxy) is 1. The first-order valence-electron chi connectivity index (χ1n) is 8.68. The first-order valence-corrected chi connectivity index (χ1v) is 8.68. The van der Waals surface area contributed by atoms with E-state index in [0.717, 1.165) is 12.2 Å². The smallest absolute Gasteiger partial charge is 0.119 e. The Bertz CT molecular complexity index is 430. The number of hydrogen-bond donors (Lipinski definition) is 1. The molecule has 2 rings (SSSR count). The standard InChI is InChI=1S/C19H31NO/c1-4-6-8-17(7-5-2)20-18-11-9-15-10-12-19(21-3)14-16(15)13-18/h10,12,14,17-18,20H,4-9,11,13H2,1-3H3. The predicted molar refractivity (Wildman–Crippen MR) is 90.2 cm³/mol. The number of methoxy groups -OCH3 is 1. The van der Waals surface area contributed by atoms with E-state index >= 15 is 0 Å². The van der Waals surface area contributed by atoms with Crippen molar-refractivity contribution >= 4 is 0 Å². The van der Waals surface area contributed by atoms with Crippen LogP contribution in [0.5, 0.6) is 5.75 Å². The summed E-state index contributed by atoms with van der Waals surface area (Å²) in [6, 6.07) is 7.90. The third kappa shape index (κ3) is 4.74. The Hall–Kier alpha value is -1.02. The van der Waals surface area contributed by atoms with E-state index in [1.54, 1.807) is 7.11 Å². The number of benzene rings is 1. The van der Waals surface area contributed by atoms with Crippen molar-refractivity contribution in [3.8, 4) is 5.75 Å². The molecule has 1 aromatic rings. The van der Waals surface area contributed by atoms with Crippen molar-refractivity contribution in [2.75, 3.05) is 7.11 Å². The SMILES string of the molecule is CCCCC(CCC)NC1CCc2ccc(OC)cc2C1. The first-order chi connectivity index (χ1) is 10.3. The third-order valence-electron chi connectivity index (χ3n) is 4.66. The molecular formula is C19H31NO. The van der Waals surface area contributed by atoms with Crippen molar-refractivity contribution in [1.82, 2.24) is 5.32 Å². The maximum atomic E-state index is 5.37. The van der Waals surface area contributed by atoms with Crippen molar-refractivity contribution in [2.24, 2.45) is 0 Å². The fourth-order valence-electron chi connectivity index (χ4n) is 3.45. The minimum Gasteiger partial charge on any atom is -0.497 e. The molecule has 1 aliphatic rings. The van der Waals surface area contributed by atoms with E-state index in [4.69, 9.17) is 4.74 Å². The summed E-state index contributed by atoms with van der Waals surface area (Å²) in [5.41, 5.74) is 2.98. The lowest BCUT2D eigenvalue weighted by molar-refractivity contribution is 0.354. The van der Waals surface area contributed by atoms with Crippen LogP contribution in [0.25, 0.3) is 0 Å². The van der Waals surface area contributed by atoms with Gasteiger partial charge in [0.05, 0.1) is 7.11 Å². The van der Waals surface area contributed by atoms with Crippen molar-refractivity contribution in [2.45, 2.75) is 77.3 Å². The van der Waals surface area contributed by atoms with Gasteiger partial charge < -0.3 is 10.1 Å². The molecule has 0 aliphatic heterocycles. The summed E-state index contributed by atoms with van der Waals surface area (Å²) in [4.78, 5) is 0. The second-order valence-electron chi connectivity index (χ2n) is 6.37. The highest BCUT2D eigenvalue weighted by Crippen LogP contribution is 2.26. The zero-order valence-corrected chi connectivity index (χ0v) is 14.0. The van der Waals surface area contributed by atoms with Gasteiger partial charge in [0.2, 0.25) is 0 Å². The van der Waals surface area contributed by atoms with Crippen LogP contribution in [0.1, 0.15) is 63.5 Å². The minimum absolute atomic E-state index is 0.637. The van der Waals surface area contributed by atoms with Gasteiger partial charge in [-0.05, 0) is 55.4 Å². The normalized spacial score (nSPS) is 19.1. The molecule has 2 atom stereocenters. The molecule has 0 saturated heterocycles. The maximum Gasteiger partial charge on any atom is 0.119 e. The van der Waals surface area contributed by atoms with Crippen LogP contribution in [0.4, 0.5) is 0 Å². The van der Waals surface area contributed by atoms with Gasteiger partial charge in [-0.3, -0.25) is 0 Å². The fraction of sp³-hybridized carbons (Fsp3) is 0.684. The molecule has 0 bridgehead atoms. The van der Waals surface area contributed by atoms with Crippen LogP contribution in [0.2, 0.25) is 0 Å². The number of unbranched alkanes of at least 4 members (excludes halogenated alkanes) is 1. The zero-order chi connectivity index (χ0) is 15.1. The minimum atomic E-state index is 0.637. The van der Waals surface area contributed by atoms with Gasteiger partial charge in [-0.25, -0.2) is 0 Å². The molecule has 0 saturated carbocycles. The molecule has 1 N–H and O–H groups in total. The molecule has 118 valence electrons. The number of nitrogens with one attached hydrogen (secondary N) is 1.